The largest absolute Gasteiger partial charge is 0.461 e. The molecule has 1 heterocycles. The summed E-state index contributed by atoms with van der Waals surface area (Å²) in [6.45, 7) is 6.69. The number of aryl methyl sites for hydroxylation is 1. The van der Waals surface area contributed by atoms with E-state index in [1.807, 2.05) is 0 Å². The Bertz CT molecular complexity index is 474. The maximum absolute atomic E-state index is 11.7. The summed E-state index contributed by atoms with van der Waals surface area (Å²) in [6.07, 6.45) is 1.56. The topological polar surface area (TPSA) is 48.3 Å². The predicted octanol–water partition coefficient (Wildman–Crippen LogP) is 2.07. The van der Waals surface area contributed by atoms with Crippen molar-refractivity contribution in [3.63, 3.8) is 0 Å². The Balaban J connectivity index is 2.46. The summed E-state index contributed by atoms with van der Waals surface area (Å²) in [5.74, 6) is 0.308. The van der Waals surface area contributed by atoms with Crippen LogP contribution in [0.4, 0.5) is 0 Å². The van der Waals surface area contributed by atoms with Crippen LogP contribution in [0, 0.1) is 0 Å². The van der Waals surface area contributed by atoms with Crippen LogP contribution >= 0.6 is 11.8 Å². The second kappa shape index (κ2) is 6.09. The molecule has 0 aliphatic carbocycles. The average Bonchev–Trinajstić information content (AvgIpc) is 2.26. The summed E-state index contributed by atoms with van der Waals surface area (Å²) in [5, 5.41) is 0. The summed E-state index contributed by atoms with van der Waals surface area (Å²) in [4.78, 5) is 23.0. The first-order valence-electron chi connectivity index (χ1n) is 5.77. The third-order valence-corrected chi connectivity index (χ3v) is 3.43. The first kappa shape index (κ1) is 14.8. The van der Waals surface area contributed by atoms with E-state index in [2.05, 4.69) is 20.8 Å². The lowest BCUT2D eigenvalue weighted by Crippen LogP contribution is -2.18. The molecule has 1 aromatic rings. The van der Waals surface area contributed by atoms with E-state index in [0.717, 1.165) is 5.75 Å². The molecule has 0 aliphatic heterocycles. The zero-order valence-corrected chi connectivity index (χ0v) is 12.0. The van der Waals surface area contributed by atoms with Crippen molar-refractivity contribution in [3.8, 4) is 0 Å². The summed E-state index contributed by atoms with van der Waals surface area (Å²) in [5.41, 5.74) is 0.0902. The van der Waals surface area contributed by atoms with E-state index in [9.17, 15) is 9.59 Å². The summed E-state index contributed by atoms with van der Waals surface area (Å²) in [6, 6.07) is 2.87. The molecule has 0 atom stereocenters. The van der Waals surface area contributed by atoms with Gasteiger partial charge in [-0.2, -0.15) is 11.8 Å². The smallest absolute Gasteiger partial charge is 0.338 e. The monoisotopic (exact) mass is 269 g/mol. The van der Waals surface area contributed by atoms with Crippen LogP contribution in [-0.4, -0.2) is 27.6 Å². The first-order chi connectivity index (χ1) is 8.29. The number of nitrogens with zero attached hydrogens (tertiary/aromatic N) is 1. The van der Waals surface area contributed by atoms with Crippen molar-refractivity contribution < 1.29 is 9.53 Å². The highest BCUT2D eigenvalue weighted by Crippen LogP contribution is 2.22. The van der Waals surface area contributed by atoms with Gasteiger partial charge in [-0.1, -0.05) is 20.8 Å². The van der Waals surface area contributed by atoms with Gasteiger partial charge in [0, 0.05) is 29.8 Å². The lowest BCUT2D eigenvalue weighted by Gasteiger charge is -2.17. The fourth-order valence-electron chi connectivity index (χ4n) is 1.24. The fraction of sp³-hybridized carbons (Fsp3) is 0.538. The Hall–Kier alpha value is -1.23. The molecule has 1 rings (SSSR count). The number of ether oxygens (including phenoxy) is 1. The minimum atomic E-state index is -0.442. The molecule has 0 saturated carbocycles. The van der Waals surface area contributed by atoms with E-state index < -0.39 is 5.97 Å². The molecule has 0 bridgehead atoms. The van der Waals surface area contributed by atoms with E-state index in [1.165, 1.54) is 10.6 Å². The van der Waals surface area contributed by atoms with Crippen LogP contribution in [0.25, 0.3) is 0 Å². The molecule has 0 aromatic carbocycles. The highest BCUT2D eigenvalue weighted by molar-refractivity contribution is 8.00. The first-order valence-corrected chi connectivity index (χ1v) is 6.76. The molecule has 0 spiro atoms. The molecule has 0 aliphatic rings. The summed E-state index contributed by atoms with van der Waals surface area (Å²) < 4.78 is 6.68. The summed E-state index contributed by atoms with van der Waals surface area (Å²) in [7, 11) is 1.64. The van der Waals surface area contributed by atoms with Gasteiger partial charge in [-0.3, -0.25) is 4.79 Å². The Morgan fingerprint density at radius 2 is 2.11 bits per heavy atom. The lowest BCUT2D eigenvalue weighted by molar-refractivity contribution is 0.0529. The molecule has 100 valence electrons. The summed E-state index contributed by atoms with van der Waals surface area (Å²) >= 11 is 1.73. The van der Waals surface area contributed by atoms with E-state index in [-0.39, 0.29) is 10.3 Å². The molecule has 0 saturated heterocycles. The molecule has 0 fully saturated rings. The van der Waals surface area contributed by atoms with Gasteiger partial charge in [0.2, 0.25) is 0 Å². The van der Waals surface area contributed by atoms with Crippen molar-refractivity contribution in [1.29, 1.82) is 0 Å². The third-order valence-electron chi connectivity index (χ3n) is 2.19. The van der Waals surface area contributed by atoms with Gasteiger partial charge in [0.05, 0.1) is 5.56 Å². The number of carbonyl (C=O) groups is 1. The van der Waals surface area contributed by atoms with Crippen LogP contribution in [0.15, 0.2) is 23.1 Å². The molecule has 4 nitrogen and oxygen atoms in total. The Labute approximate surface area is 111 Å². The van der Waals surface area contributed by atoms with Gasteiger partial charge in [-0.05, 0) is 6.07 Å². The van der Waals surface area contributed by atoms with Gasteiger partial charge in [-0.25, -0.2) is 4.79 Å². The highest BCUT2D eigenvalue weighted by Gasteiger charge is 2.12. The van der Waals surface area contributed by atoms with E-state index in [0.29, 0.717) is 12.2 Å². The molecule has 0 N–H and O–H groups in total. The molecule has 1 aromatic heterocycles. The Morgan fingerprint density at radius 3 is 2.67 bits per heavy atom. The van der Waals surface area contributed by atoms with Crippen LogP contribution < -0.4 is 5.56 Å². The zero-order chi connectivity index (χ0) is 13.8. The maximum atomic E-state index is 11.7. The van der Waals surface area contributed by atoms with Crippen LogP contribution in [0.3, 0.4) is 0 Å². The molecule has 5 heteroatoms. The molecular formula is C13H19NO3S. The minimum absolute atomic E-state index is 0.162. The number of hydrogen-bond acceptors (Lipinski definition) is 4. The number of thioether (sulfide) groups is 1. The van der Waals surface area contributed by atoms with Crippen molar-refractivity contribution in [2.75, 3.05) is 12.4 Å². The van der Waals surface area contributed by atoms with Crippen LogP contribution in [0.2, 0.25) is 0 Å². The third kappa shape index (κ3) is 4.96. The van der Waals surface area contributed by atoms with Crippen molar-refractivity contribution >= 4 is 17.7 Å². The van der Waals surface area contributed by atoms with Gasteiger partial charge >= 0.3 is 5.97 Å². The fourth-order valence-corrected chi connectivity index (χ4v) is 2.02. The number of pyridine rings is 1. The van der Waals surface area contributed by atoms with E-state index >= 15 is 0 Å². The number of aromatic nitrogens is 1. The van der Waals surface area contributed by atoms with Crippen LogP contribution in [0.1, 0.15) is 31.1 Å². The molecular weight excluding hydrogens is 250 g/mol. The molecule has 0 radical (unpaired) electrons. The maximum Gasteiger partial charge on any atom is 0.338 e. The van der Waals surface area contributed by atoms with Crippen molar-refractivity contribution in [1.82, 2.24) is 4.57 Å². The van der Waals surface area contributed by atoms with Gasteiger partial charge < -0.3 is 9.30 Å². The minimum Gasteiger partial charge on any atom is -0.461 e. The SMILES string of the molecule is Cn1ccc(C(=O)OCCSC(C)(C)C)cc1=O. The van der Waals surface area contributed by atoms with Gasteiger partial charge in [0.25, 0.3) is 5.56 Å². The number of hydrogen-bond donors (Lipinski definition) is 0. The quantitative estimate of drug-likeness (QED) is 0.620. The number of rotatable bonds is 4. The van der Waals surface area contributed by atoms with Crippen molar-refractivity contribution in [2.45, 2.75) is 25.5 Å². The Morgan fingerprint density at radius 1 is 1.44 bits per heavy atom. The van der Waals surface area contributed by atoms with Gasteiger partial charge in [0.1, 0.15) is 6.61 Å². The van der Waals surface area contributed by atoms with Crippen molar-refractivity contribution in [3.05, 3.63) is 34.2 Å². The normalized spacial score (nSPS) is 11.3. The van der Waals surface area contributed by atoms with Crippen LogP contribution in [-0.2, 0) is 11.8 Å². The lowest BCUT2D eigenvalue weighted by atomic mass is 10.3. The van der Waals surface area contributed by atoms with E-state index in [4.69, 9.17) is 4.74 Å². The van der Waals surface area contributed by atoms with Crippen molar-refractivity contribution in [2.24, 2.45) is 7.05 Å². The standard InChI is InChI=1S/C13H19NO3S/c1-13(2,3)18-8-7-17-12(16)10-5-6-14(4)11(15)9-10/h5-6,9H,7-8H2,1-4H3. The van der Waals surface area contributed by atoms with Gasteiger partial charge in [0.15, 0.2) is 0 Å². The number of esters is 1. The highest BCUT2D eigenvalue weighted by atomic mass is 32.2. The zero-order valence-electron chi connectivity index (χ0n) is 11.2. The second-order valence-corrected chi connectivity index (χ2v) is 6.88. The average molecular weight is 269 g/mol. The van der Waals surface area contributed by atoms with E-state index in [1.54, 1.807) is 31.1 Å². The molecule has 18 heavy (non-hydrogen) atoms. The molecule has 0 unspecified atom stereocenters. The number of carbonyl (C=O) groups excluding carboxylic acids is 1. The van der Waals surface area contributed by atoms with Crippen LogP contribution in [0.5, 0.6) is 0 Å². The van der Waals surface area contributed by atoms with Gasteiger partial charge in [-0.15, -0.1) is 0 Å². The predicted molar refractivity (Wildman–Crippen MR) is 74.2 cm³/mol. The Kier molecular flexibility index (Phi) is 5.02. The second-order valence-electron chi connectivity index (χ2n) is 4.96. The molecule has 0 amide bonds.